The molecule has 6 heteroatoms. The third kappa shape index (κ3) is 6.77. The predicted molar refractivity (Wildman–Crippen MR) is 110 cm³/mol. The summed E-state index contributed by atoms with van der Waals surface area (Å²) in [6.07, 6.45) is 5.17. The highest BCUT2D eigenvalue weighted by Crippen LogP contribution is 2.42. The molecule has 0 heterocycles. The maximum atomic E-state index is 11.5. The molecule has 2 rings (SSSR count). The van der Waals surface area contributed by atoms with Crippen LogP contribution in [0.4, 0.5) is 0 Å². The number of rotatable bonds is 10. The van der Waals surface area contributed by atoms with Crippen molar-refractivity contribution in [1.29, 1.82) is 0 Å². The van der Waals surface area contributed by atoms with Crippen LogP contribution >= 0.6 is 0 Å². The fourth-order valence-electron chi connectivity index (χ4n) is 3.25. The van der Waals surface area contributed by atoms with Gasteiger partial charge in [-0.05, 0) is 56.2 Å². The van der Waals surface area contributed by atoms with Crippen LogP contribution in [0.15, 0.2) is 29.3 Å². The van der Waals surface area contributed by atoms with E-state index in [4.69, 9.17) is 9.73 Å². The lowest BCUT2D eigenvalue weighted by Gasteiger charge is -2.41. The van der Waals surface area contributed by atoms with E-state index < -0.39 is 0 Å². The number of aliphatic imine (C=N–C) groups is 1. The van der Waals surface area contributed by atoms with Crippen LogP contribution in [0.3, 0.4) is 0 Å². The molecule has 0 atom stereocenters. The van der Waals surface area contributed by atoms with E-state index in [0.29, 0.717) is 24.3 Å². The topological polar surface area (TPSA) is 74.8 Å². The van der Waals surface area contributed by atoms with E-state index in [1.165, 1.54) is 25.7 Å². The summed E-state index contributed by atoms with van der Waals surface area (Å²) in [5.74, 6) is 1.43. The van der Waals surface area contributed by atoms with Crippen LogP contribution in [-0.4, -0.2) is 38.1 Å². The van der Waals surface area contributed by atoms with E-state index in [0.717, 1.165) is 24.6 Å². The van der Waals surface area contributed by atoms with Gasteiger partial charge in [0.1, 0.15) is 5.75 Å². The van der Waals surface area contributed by atoms with Gasteiger partial charge in [-0.1, -0.05) is 25.5 Å². The van der Waals surface area contributed by atoms with Gasteiger partial charge in [-0.25, -0.2) is 4.99 Å². The van der Waals surface area contributed by atoms with Crippen molar-refractivity contribution in [3.63, 3.8) is 0 Å². The normalized spacial score (nSPS) is 15.6. The summed E-state index contributed by atoms with van der Waals surface area (Å²) >= 11 is 0. The Morgan fingerprint density at radius 1 is 1.15 bits per heavy atom. The number of carbonyl (C=O) groups excluding carboxylic acids is 1. The van der Waals surface area contributed by atoms with Crippen LogP contribution < -0.4 is 20.7 Å². The number of carbonyl (C=O) groups is 1. The maximum absolute atomic E-state index is 11.5. The van der Waals surface area contributed by atoms with Gasteiger partial charge in [0, 0.05) is 19.6 Å². The highest BCUT2D eigenvalue weighted by molar-refractivity contribution is 5.79. The Hall–Kier alpha value is -2.24. The molecule has 0 aromatic heterocycles. The molecule has 1 amide bonds. The Morgan fingerprint density at radius 2 is 1.93 bits per heavy atom. The molecule has 150 valence electrons. The highest BCUT2D eigenvalue weighted by atomic mass is 16.5. The molecule has 0 spiro atoms. The fourth-order valence-corrected chi connectivity index (χ4v) is 3.25. The van der Waals surface area contributed by atoms with E-state index in [9.17, 15) is 4.79 Å². The molecule has 1 aliphatic rings. The summed E-state index contributed by atoms with van der Waals surface area (Å²) in [5.41, 5.74) is 1.50. The molecule has 0 unspecified atom stereocenters. The number of hydrogen-bond acceptors (Lipinski definition) is 3. The average Bonchev–Trinajstić information content (AvgIpc) is 2.64. The molecule has 6 nitrogen and oxygen atoms in total. The molecular formula is C21H34N4O2. The summed E-state index contributed by atoms with van der Waals surface area (Å²) in [7, 11) is 0. The molecule has 0 bridgehead atoms. The van der Waals surface area contributed by atoms with E-state index >= 15 is 0 Å². The maximum Gasteiger partial charge on any atom is 0.257 e. The lowest BCUT2D eigenvalue weighted by atomic mass is 9.67. The van der Waals surface area contributed by atoms with Crippen LogP contribution in [0.5, 0.6) is 5.75 Å². The van der Waals surface area contributed by atoms with Crippen molar-refractivity contribution in [2.75, 3.05) is 26.2 Å². The molecule has 0 radical (unpaired) electrons. The number of guanidine groups is 1. The van der Waals surface area contributed by atoms with E-state index in [1.807, 2.05) is 31.2 Å². The zero-order valence-corrected chi connectivity index (χ0v) is 16.9. The van der Waals surface area contributed by atoms with E-state index in [1.54, 1.807) is 0 Å². The number of hydrogen-bond donors (Lipinski definition) is 3. The Balaban J connectivity index is 1.90. The minimum absolute atomic E-state index is 0.0316. The Morgan fingerprint density at radius 3 is 2.56 bits per heavy atom. The molecule has 1 fully saturated rings. The summed E-state index contributed by atoms with van der Waals surface area (Å²) < 4.78 is 5.55. The first-order chi connectivity index (χ1) is 13.1. The largest absolute Gasteiger partial charge is 0.484 e. The van der Waals surface area contributed by atoms with Crippen LogP contribution in [0.1, 0.15) is 52.0 Å². The highest BCUT2D eigenvalue weighted by Gasteiger charge is 2.34. The molecule has 0 saturated heterocycles. The summed E-state index contributed by atoms with van der Waals surface area (Å²) in [5, 5.41) is 9.55. The van der Waals surface area contributed by atoms with Gasteiger partial charge in [0.05, 0.1) is 6.54 Å². The van der Waals surface area contributed by atoms with Crippen LogP contribution in [0.25, 0.3) is 0 Å². The van der Waals surface area contributed by atoms with Gasteiger partial charge in [0.15, 0.2) is 12.6 Å². The van der Waals surface area contributed by atoms with Crippen LogP contribution in [-0.2, 0) is 11.3 Å². The third-order valence-corrected chi connectivity index (χ3v) is 5.20. The summed E-state index contributed by atoms with van der Waals surface area (Å²) in [6, 6.07) is 7.74. The molecule has 0 aliphatic heterocycles. The second kappa shape index (κ2) is 10.8. The van der Waals surface area contributed by atoms with Gasteiger partial charge in [-0.2, -0.15) is 0 Å². The Labute approximate surface area is 163 Å². The lowest BCUT2D eigenvalue weighted by molar-refractivity contribution is -0.122. The third-order valence-electron chi connectivity index (χ3n) is 5.20. The number of benzene rings is 1. The van der Waals surface area contributed by atoms with Gasteiger partial charge >= 0.3 is 0 Å². The number of amides is 1. The van der Waals surface area contributed by atoms with Gasteiger partial charge < -0.3 is 20.7 Å². The minimum atomic E-state index is -0.111. The molecule has 27 heavy (non-hydrogen) atoms. The number of nitrogens with one attached hydrogen (secondary N) is 3. The van der Waals surface area contributed by atoms with E-state index in [2.05, 4.69) is 29.8 Å². The first-order valence-electron chi connectivity index (χ1n) is 10.1. The van der Waals surface area contributed by atoms with Crippen molar-refractivity contribution in [2.45, 2.75) is 53.0 Å². The van der Waals surface area contributed by atoms with Crippen molar-refractivity contribution in [2.24, 2.45) is 10.4 Å². The number of nitrogens with zero attached hydrogens (tertiary/aromatic N) is 1. The van der Waals surface area contributed by atoms with Crippen molar-refractivity contribution in [3.8, 4) is 5.75 Å². The molecule has 1 aliphatic carbocycles. The number of ether oxygens (including phenoxy) is 1. The zero-order valence-electron chi connectivity index (χ0n) is 16.9. The fraction of sp³-hybridized carbons (Fsp3) is 0.619. The molecule has 3 N–H and O–H groups in total. The SMILES string of the molecule is CCNC(=O)COc1cccc(CN=C(NCC)NCC2(CC)CCC2)c1. The first-order valence-corrected chi connectivity index (χ1v) is 10.1. The standard InChI is InChI=1S/C21H34N4O2/c1-4-21(11-8-12-21)16-25-20(23-6-3)24-14-17-9-7-10-18(13-17)27-15-19(26)22-5-2/h7,9-10,13H,4-6,8,11-12,14-16H2,1-3H3,(H,22,26)(H2,23,24,25). The average molecular weight is 375 g/mol. The van der Waals surface area contributed by atoms with Crippen molar-refractivity contribution in [1.82, 2.24) is 16.0 Å². The van der Waals surface area contributed by atoms with Gasteiger partial charge in [0.25, 0.3) is 5.91 Å². The molecular weight excluding hydrogens is 340 g/mol. The lowest BCUT2D eigenvalue weighted by Crippen LogP contribution is -2.46. The monoisotopic (exact) mass is 374 g/mol. The van der Waals surface area contributed by atoms with Crippen LogP contribution in [0.2, 0.25) is 0 Å². The van der Waals surface area contributed by atoms with Crippen LogP contribution in [0, 0.1) is 5.41 Å². The van der Waals surface area contributed by atoms with Crippen molar-refractivity contribution in [3.05, 3.63) is 29.8 Å². The second-order valence-corrected chi connectivity index (χ2v) is 7.15. The first kappa shape index (κ1) is 21.1. The molecule has 1 saturated carbocycles. The molecule has 1 aromatic rings. The van der Waals surface area contributed by atoms with Crippen molar-refractivity contribution < 1.29 is 9.53 Å². The summed E-state index contributed by atoms with van der Waals surface area (Å²) in [4.78, 5) is 16.2. The zero-order chi connectivity index (χ0) is 19.5. The van der Waals surface area contributed by atoms with Gasteiger partial charge in [0.2, 0.25) is 0 Å². The van der Waals surface area contributed by atoms with Crippen molar-refractivity contribution >= 4 is 11.9 Å². The van der Waals surface area contributed by atoms with Gasteiger partial charge in [-0.15, -0.1) is 0 Å². The smallest absolute Gasteiger partial charge is 0.257 e. The minimum Gasteiger partial charge on any atom is -0.484 e. The quantitative estimate of drug-likeness (QED) is 0.435. The predicted octanol–water partition coefficient (Wildman–Crippen LogP) is 2.84. The van der Waals surface area contributed by atoms with Gasteiger partial charge in [-0.3, -0.25) is 4.79 Å². The second-order valence-electron chi connectivity index (χ2n) is 7.15. The van der Waals surface area contributed by atoms with E-state index in [-0.39, 0.29) is 12.5 Å². The Bertz CT molecular complexity index is 621. The molecule has 1 aromatic carbocycles. The number of likely N-dealkylation sites (N-methyl/N-ethyl adjacent to an activating group) is 1. The Kier molecular flexibility index (Phi) is 8.43. The summed E-state index contributed by atoms with van der Waals surface area (Å²) in [6.45, 7) is 9.25.